The lowest BCUT2D eigenvalue weighted by molar-refractivity contribution is -0.155. The van der Waals surface area contributed by atoms with E-state index in [0.29, 0.717) is 91.5 Å². The molecule has 220 valence electrons. The molecule has 2 aromatic carbocycles. The highest BCUT2D eigenvalue weighted by Crippen LogP contribution is 2.36. The topological polar surface area (TPSA) is 64.0 Å². The van der Waals surface area contributed by atoms with Crippen LogP contribution >= 0.6 is 11.6 Å². The number of morpholine rings is 1. The van der Waals surface area contributed by atoms with Crippen molar-refractivity contribution >= 4 is 34.4 Å². The molecule has 0 radical (unpaired) electrons. The molecule has 1 aromatic heterocycles. The molecular formula is C31H36ClF2N3O4. The number of benzene rings is 2. The largest absolute Gasteiger partial charge is 0.459 e. The average molecular weight is 588 g/mol. The number of halogens is 3. The highest BCUT2D eigenvalue weighted by atomic mass is 35.5. The molecule has 0 aliphatic carbocycles. The fourth-order valence-corrected chi connectivity index (χ4v) is 6.21. The molecule has 2 aliphatic heterocycles. The number of likely N-dealkylation sites (tertiary alicyclic amines) is 1. The first-order chi connectivity index (χ1) is 19.5. The normalized spacial score (nSPS) is 17.3. The third-order valence-electron chi connectivity index (χ3n) is 7.72. The summed E-state index contributed by atoms with van der Waals surface area (Å²) < 4.78 is 41.9. The van der Waals surface area contributed by atoms with Gasteiger partial charge in [-0.2, -0.15) is 0 Å². The van der Waals surface area contributed by atoms with Crippen molar-refractivity contribution in [3.05, 3.63) is 69.9 Å². The smallest absolute Gasteiger partial charge is 0.326 e. The number of hydrogen-bond donors (Lipinski definition) is 0. The first-order valence-corrected chi connectivity index (χ1v) is 14.5. The molecule has 0 unspecified atom stereocenters. The van der Waals surface area contributed by atoms with Crippen LogP contribution in [0.25, 0.3) is 10.9 Å². The van der Waals surface area contributed by atoms with Crippen LogP contribution < -0.4 is 0 Å². The van der Waals surface area contributed by atoms with Crippen LogP contribution in [0.1, 0.15) is 61.1 Å². The molecule has 2 saturated heterocycles. The van der Waals surface area contributed by atoms with Gasteiger partial charge in [-0.15, -0.1) is 0 Å². The van der Waals surface area contributed by atoms with Gasteiger partial charge in [0.05, 0.1) is 13.2 Å². The van der Waals surface area contributed by atoms with Gasteiger partial charge in [0.25, 0.3) is 5.91 Å². The van der Waals surface area contributed by atoms with Crippen molar-refractivity contribution < 1.29 is 27.8 Å². The Morgan fingerprint density at radius 1 is 1.05 bits per heavy atom. The van der Waals surface area contributed by atoms with Crippen molar-refractivity contribution in [1.82, 2.24) is 14.4 Å². The lowest BCUT2D eigenvalue weighted by Gasteiger charge is -2.33. The first-order valence-electron chi connectivity index (χ1n) is 14.1. The molecule has 5 rings (SSSR count). The van der Waals surface area contributed by atoms with Crippen LogP contribution in [0, 0.1) is 11.6 Å². The number of carbonyl (C=O) groups excluding carboxylic acids is 2. The van der Waals surface area contributed by atoms with E-state index < -0.39 is 17.4 Å². The van der Waals surface area contributed by atoms with Crippen LogP contribution in [-0.4, -0.2) is 71.2 Å². The minimum atomic E-state index is -0.700. The number of nitrogens with zero attached hydrogens (tertiary/aromatic N) is 3. The third kappa shape index (κ3) is 6.58. The summed E-state index contributed by atoms with van der Waals surface area (Å²) in [6, 6.07) is 9.13. The van der Waals surface area contributed by atoms with Crippen molar-refractivity contribution in [2.75, 3.05) is 39.4 Å². The Kier molecular flexibility index (Phi) is 8.68. The lowest BCUT2D eigenvalue weighted by Crippen LogP contribution is -2.42. The van der Waals surface area contributed by atoms with Crippen LogP contribution in [0.2, 0.25) is 5.02 Å². The predicted octanol–water partition coefficient (Wildman–Crippen LogP) is 5.77. The fourth-order valence-electron chi connectivity index (χ4n) is 5.89. The monoisotopic (exact) mass is 587 g/mol. The Hall–Kier alpha value is -3.01. The fraction of sp³-hybridized carbons (Fsp3) is 0.484. The number of amides is 1. The Bertz CT molecular complexity index is 1420. The molecule has 0 bridgehead atoms. The highest BCUT2D eigenvalue weighted by Gasteiger charge is 2.32. The summed E-state index contributed by atoms with van der Waals surface area (Å²) in [5, 5.41) is 1.02. The molecule has 0 saturated carbocycles. The van der Waals surface area contributed by atoms with Gasteiger partial charge in [0.1, 0.15) is 29.5 Å². The zero-order valence-electron chi connectivity index (χ0n) is 23.7. The lowest BCUT2D eigenvalue weighted by atomic mass is 9.88. The van der Waals surface area contributed by atoms with E-state index in [9.17, 15) is 18.4 Å². The summed E-state index contributed by atoms with van der Waals surface area (Å²) in [5.41, 5.74) is 1.47. The van der Waals surface area contributed by atoms with Crippen molar-refractivity contribution in [2.24, 2.45) is 0 Å². The number of piperidine rings is 1. The molecule has 2 fully saturated rings. The number of ether oxygens (including phenoxy) is 2. The van der Waals surface area contributed by atoms with Gasteiger partial charge in [0.2, 0.25) is 0 Å². The van der Waals surface area contributed by atoms with E-state index in [-0.39, 0.29) is 24.2 Å². The van der Waals surface area contributed by atoms with Gasteiger partial charge in [0.15, 0.2) is 0 Å². The molecular weight excluding hydrogens is 552 g/mol. The number of aromatic nitrogens is 1. The molecule has 1 amide bonds. The van der Waals surface area contributed by atoms with Gasteiger partial charge in [-0.1, -0.05) is 17.7 Å². The molecule has 10 heteroatoms. The summed E-state index contributed by atoms with van der Waals surface area (Å²) >= 11 is 6.34. The predicted molar refractivity (Wildman–Crippen MR) is 153 cm³/mol. The van der Waals surface area contributed by atoms with E-state index in [2.05, 4.69) is 4.90 Å². The van der Waals surface area contributed by atoms with Crippen LogP contribution in [0.5, 0.6) is 0 Å². The maximum atomic E-state index is 14.6. The number of esters is 1. The van der Waals surface area contributed by atoms with Gasteiger partial charge < -0.3 is 18.9 Å². The van der Waals surface area contributed by atoms with Crippen LogP contribution in [-0.2, 0) is 27.4 Å². The zero-order valence-corrected chi connectivity index (χ0v) is 24.5. The van der Waals surface area contributed by atoms with E-state index in [1.165, 1.54) is 18.2 Å². The maximum Gasteiger partial charge on any atom is 0.326 e. The summed E-state index contributed by atoms with van der Waals surface area (Å²) in [6.07, 6.45) is 1.39. The molecule has 3 aromatic rings. The Balaban J connectivity index is 1.50. The van der Waals surface area contributed by atoms with Gasteiger partial charge in [-0.3, -0.25) is 14.5 Å². The van der Waals surface area contributed by atoms with Crippen molar-refractivity contribution in [1.29, 1.82) is 0 Å². The summed E-state index contributed by atoms with van der Waals surface area (Å²) in [4.78, 5) is 31.0. The molecule has 7 nitrogen and oxygen atoms in total. The molecule has 2 aliphatic rings. The van der Waals surface area contributed by atoms with E-state index in [1.54, 1.807) is 48.4 Å². The number of fused-ring (bicyclic) bond motifs is 1. The van der Waals surface area contributed by atoms with Crippen molar-refractivity contribution in [3.63, 3.8) is 0 Å². The minimum Gasteiger partial charge on any atom is -0.459 e. The van der Waals surface area contributed by atoms with Crippen LogP contribution in [0.3, 0.4) is 0 Å². The second-order valence-electron chi connectivity index (χ2n) is 11.8. The second kappa shape index (κ2) is 12.1. The zero-order chi connectivity index (χ0) is 29.3. The van der Waals surface area contributed by atoms with E-state index in [4.69, 9.17) is 21.1 Å². The summed E-state index contributed by atoms with van der Waals surface area (Å²) in [5.74, 6) is -1.44. The van der Waals surface area contributed by atoms with E-state index >= 15 is 0 Å². The standard InChI is InChI=1S/C31H36ClF2N3O4/c1-31(2,3)41-27(38)19-37-26-8-7-21(33)17-22(26)23(29(37)30(39)36-13-15-40-16-14-36)18-35-11-9-20(10-12-35)28-24(32)5-4-6-25(28)34/h4-8,17,20H,9-16,18-19H2,1-3H3. The highest BCUT2D eigenvalue weighted by molar-refractivity contribution is 6.31. The van der Waals surface area contributed by atoms with Crippen LogP contribution in [0.15, 0.2) is 36.4 Å². The van der Waals surface area contributed by atoms with Gasteiger partial charge in [-0.25, -0.2) is 8.78 Å². The third-order valence-corrected chi connectivity index (χ3v) is 8.05. The van der Waals surface area contributed by atoms with Gasteiger partial charge in [-0.05, 0) is 83.0 Å². The van der Waals surface area contributed by atoms with E-state index in [0.717, 1.165) is 0 Å². The average Bonchev–Trinajstić information content (AvgIpc) is 3.20. The van der Waals surface area contributed by atoms with Gasteiger partial charge in [0, 0.05) is 46.7 Å². The molecule has 0 spiro atoms. The summed E-state index contributed by atoms with van der Waals surface area (Å²) in [6.45, 7) is 8.56. The Labute approximate surface area is 243 Å². The summed E-state index contributed by atoms with van der Waals surface area (Å²) in [7, 11) is 0. The Morgan fingerprint density at radius 3 is 2.41 bits per heavy atom. The SMILES string of the molecule is CC(C)(C)OC(=O)Cn1c(C(=O)N2CCOCC2)c(CN2CCC(c3c(F)cccc3Cl)CC2)c2cc(F)ccc21. The first kappa shape index (κ1) is 29.5. The Morgan fingerprint density at radius 2 is 1.76 bits per heavy atom. The van der Waals surface area contributed by atoms with Crippen molar-refractivity contribution in [2.45, 2.75) is 58.2 Å². The molecule has 3 heterocycles. The molecule has 0 atom stereocenters. The second-order valence-corrected chi connectivity index (χ2v) is 12.2. The maximum absolute atomic E-state index is 14.6. The molecule has 41 heavy (non-hydrogen) atoms. The van der Waals surface area contributed by atoms with Crippen molar-refractivity contribution in [3.8, 4) is 0 Å². The van der Waals surface area contributed by atoms with Crippen LogP contribution in [0.4, 0.5) is 8.78 Å². The minimum absolute atomic E-state index is 0.0136. The quantitative estimate of drug-likeness (QED) is 0.343. The number of rotatable bonds is 6. The number of carbonyl (C=O) groups is 2. The van der Waals surface area contributed by atoms with Gasteiger partial charge >= 0.3 is 5.97 Å². The molecule has 0 N–H and O–H groups in total. The van der Waals surface area contributed by atoms with E-state index in [1.807, 2.05) is 0 Å². The number of hydrogen-bond acceptors (Lipinski definition) is 5.